The minimum absolute atomic E-state index is 0.0300. The Morgan fingerprint density at radius 2 is 2.21 bits per heavy atom. The maximum atomic E-state index is 12.8. The zero-order valence-electron chi connectivity index (χ0n) is 13.7. The van der Waals surface area contributed by atoms with Crippen LogP contribution in [0.15, 0.2) is 35.8 Å². The second-order valence-electron chi connectivity index (χ2n) is 6.06. The number of aromatic nitrogens is 5. The second kappa shape index (κ2) is 6.48. The largest absolute Gasteiger partial charge is 0.341 e. The lowest BCUT2D eigenvalue weighted by molar-refractivity contribution is -0.135. The fraction of sp³-hybridized carbons (Fsp3) is 0.312. The SMILES string of the molecule is CN(Cc1cccc(-c2nn[nH]n2)c1)C(=O)C(C)(C)c1nccs1. The van der Waals surface area contributed by atoms with Crippen LogP contribution in [0.4, 0.5) is 0 Å². The second-order valence-corrected chi connectivity index (χ2v) is 6.95. The van der Waals surface area contributed by atoms with E-state index in [1.165, 1.54) is 11.3 Å². The third-order valence-corrected chi connectivity index (χ3v) is 4.90. The number of hydrogen-bond acceptors (Lipinski definition) is 6. The summed E-state index contributed by atoms with van der Waals surface area (Å²) in [5, 5.41) is 16.7. The molecule has 0 aliphatic carbocycles. The number of tetrazole rings is 1. The first-order chi connectivity index (χ1) is 11.5. The van der Waals surface area contributed by atoms with Crippen molar-refractivity contribution < 1.29 is 4.79 Å². The number of hydrogen-bond donors (Lipinski definition) is 1. The molecule has 0 saturated heterocycles. The number of benzene rings is 1. The molecule has 0 aliphatic heterocycles. The van der Waals surface area contributed by atoms with Crippen molar-refractivity contribution in [2.75, 3.05) is 7.05 Å². The van der Waals surface area contributed by atoms with Crippen LogP contribution in [0.5, 0.6) is 0 Å². The maximum absolute atomic E-state index is 12.8. The fourth-order valence-electron chi connectivity index (χ4n) is 2.54. The van der Waals surface area contributed by atoms with Crippen molar-refractivity contribution in [3.05, 3.63) is 46.4 Å². The van der Waals surface area contributed by atoms with E-state index in [4.69, 9.17) is 0 Å². The number of nitrogens with zero attached hydrogens (tertiary/aromatic N) is 5. The Kier molecular flexibility index (Phi) is 4.39. The third kappa shape index (κ3) is 3.18. The summed E-state index contributed by atoms with van der Waals surface area (Å²) in [7, 11) is 1.80. The summed E-state index contributed by atoms with van der Waals surface area (Å²) in [6.45, 7) is 4.31. The van der Waals surface area contributed by atoms with Crippen LogP contribution in [-0.4, -0.2) is 43.5 Å². The molecule has 0 radical (unpaired) electrons. The molecule has 0 bridgehead atoms. The summed E-state index contributed by atoms with van der Waals surface area (Å²) in [4.78, 5) is 18.8. The van der Waals surface area contributed by atoms with Gasteiger partial charge in [0, 0.05) is 30.7 Å². The number of nitrogens with one attached hydrogen (secondary N) is 1. The van der Waals surface area contributed by atoms with Gasteiger partial charge >= 0.3 is 0 Å². The number of rotatable bonds is 5. The summed E-state index contributed by atoms with van der Waals surface area (Å²) in [6.07, 6.45) is 1.73. The van der Waals surface area contributed by atoms with Gasteiger partial charge in [-0.1, -0.05) is 18.2 Å². The number of thiazole rings is 1. The number of carbonyl (C=O) groups excluding carboxylic acids is 1. The molecule has 0 aliphatic rings. The van der Waals surface area contributed by atoms with Crippen LogP contribution < -0.4 is 0 Å². The highest BCUT2D eigenvalue weighted by Gasteiger charge is 2.34. The molecular weight excluding hydrogens is 324 g/mol. The lowest BCUT2D eigenvalue weighted by Crippen LogP contribution is -2.40. The fourth-order valence-corrected chi connectivity index (χ4v) is 3.29. The molecule has 3 aromatic rings. The van der Waals surface area contributed by atoms with Crippen LogP contribution in [0, 0.1) is 0 Å². The molecule has 3 rings (SSSR count). The summed E-state index contributed by atoms with van der Waals surface area (Å²) in [5.74, 6) is 0.566. The van der Waals surface area contributed by atoms with Gasteiger partial charge in [-0.3, -0.25) is 4.79 Å². The van der Waals surface area contributed by atoms with Gasteiger partial charge in [0.15, 0.2) is 0 Å². The van der Waals surface area contributed by atoms with Gasteiger partial charge in [-0.25, -0.2) is 4.98 Å². The summed E-state index contributed by atoms with van der Waals surface area (Å²) >= 11 is 1.50. The zero-order chi connectivity index (χ0) is 17.2. The van der Waals surface area contributed by atoms with Gasteiger partial charge in [0.1, 0.15) is 5.01 Å². The van der Waals surface area contributed by atoms with E-state index in [1.54, 1.807) is 18.1 Å². The number of carbonyl (C=O) groups is 1. The molecule has 24 heavy (non-hydrogen) atoms. The Balaban J connectivity index is 1.76. The van der Waals surface area contributed by atoms with Crippen LogP contribution >= 0.6 is 11.3 Å². The number of likely N-dealkylation sites (N-methyl/N-ethyl adjacent to an activating group) is 1. The number of H-pyrrole nitrogens is 1. The molecule has 2 aromatic heterocycles. The quantitative estimate of drug-likeness (QED) is 0.768. The summed E-state index contributed by atoms with van der Waals surface area (Å²) in [6, 6.07) is 7.77. The van der Waals surface area contributed by atoms with E-state index in [0.29, 0.717) is 12.4 Å². The molecule has 1 aromatic carbocycles. The first-order valence-corrected chi connectivity index (χ1v) is 8.35. The molecule has 8 heteroatoms. The molecule has 0 saturated carbocycles. The van der Waals surface area contributed by atoms with E-state index >= 15 is 0 Å². The van der Waals surface area contributed by atoms with Crippen molar-refractivity contribution >= 4 is 17.2 Å². The highest BCUT2D eigenvalue weighted by molar-refractivity contribution is 7.09. The first kappa shape index (κ1) is 16.3. The topological polar surface area (TPSA) is 87.7 Å². The average Bonchev–Trinajstić information content (AvgIpc) is 3.27. The molecule has 0 unspecified atom stereocenters. The summed E-state index contributed by atoms with van der Waals surface area (Å²) in [5.41, 5.74) is 1.22. The highest BCUT2D eigenvalue weighted by atomic mass is 32.1. The minimum Gasteiger partial charge on any atom is -0.341 e. The van der Waals surface area contributed by atoms with E-state index in [2.05, 4.69) is 25.6 Å². The lowest BCUT2D eigenvalue weighted by Gasteiger charge is -2.28. The van der Waals surface area contributed by atoms with Crippen molar-refractivity contribution in [1.29, 1.82) is 0 Å². The van der Waals surface area contributed by atoms with Crippen molar-refractivity contribution in [3.63, 3.8) is 0 Å². The smallest absolute Gasteiger partial charge is 0.235 e. The average molecular weight is 342 g/mol. The molecule has 1 N–H and O–H groups in total. The Morgan fingerprint density at radius 1 is 1.38 bits per heavy atom. The highest BCUT2D eigenvalue weighted by Crippen LogP contribution is 2.27. The Morgan fingerprint density at radius 3 is 2.88 bits per heavy atom. The minimum atomic E-state index is -0.645. The molecule has 7 nitrogen and oxygen atoms in total. The van der Waals surface area contributed by atoms with Gasteiger partial charge in [-0.05, 0) is 30.7 Å². The van der Waals surface area contributed by atoms with E-state index < -0.39 is 5.41 Å². The monoisotopic (exact) mass is 342 g/mol. The number of aromatic amines is 1. The standard InChI is InChI=1S/C16H18N6OS/c1-16(2,14-17-7-8-24-14)15(23)22(3)10-11-5-4-6-12(9-11)13-18-20-21-19-13/h4-9H,10H2,1-3H3,(H,18,19,20,21). The maximum Gasteiger partial charge on any atom is 0.235 e. The number of amides is 1. The van der Waals surface area contributed by atoms with Crippen LogP contribution in [0.1, 0.15) is 24.4 Å². The Bertz CT molecular complexity index is 813. The molecule has 124 valence electrons. The van der Waals surface area contributed by atoms with Crippen LogP contribution in [-0.2, 0) is 16.8 Å². The van der Waals surface area contributed by atoms with E-state index in [-0.39, 0.29) is 5.91 Å². The van der Waals surface area contributed by atoms with Gasteiger partial charge in [-0.2, -0.15) is 5.21 Å². The van der Waals surface area contributed by atoms with E-state index in [9.17, 15) is 4.79 Å². The van der Waals surface area contributed by atoms with Crippen molar-refractivity contribution in [2.24, 2.45) is 0 Å². The van der Waals surface area contributed by atoms with Gasteiger partial charge < -0.3 is 4.90 Å². The van der Waals surface area contributed by atoms with Crippen LogP contribution in [0.3, 0.4) is 0 Å². The first-order valence-electron chi connectivity index (χ1n) is 7.47. The van der Waals surface area contributed by atoms with E-state index in [0.717, 1.165) is 16.1 Å². The van der Waals surface area contributed by atoms with E-state index in [1.807, 2.05) is 43.5 Å². The third-order valence-electron chi connectivity index (χ3n) is 3.80. The molecule has 0 atom stereocenters. The van der Waals surface area contributed by atoms with Gasteiger partial charge in [0.2, 0.25) is 11.7 Å². The van der Waals surface area contributed by atoms with Crippen LogP contribution in [0.25, 0.3) is 11.4 Å². The molecule has 1 amide bonds. The predicted octanol–water partition coefficient (Wildman–Crippen LogP) is 2.26. The van der Waals surface area contributed by atoms with Gasteiger partial charge in [0.25, 0.3) is 0 Å². The predicted molar refractivity (Wildman–Crippen MR) is 91.2 cm³/mol. The Hall–Kier alpha value is -2.61. The zero-order valence-corrected chi connectivity index (χ0v) is 14.5. The molecule has 2 heterocycles. The normalized spacial score (nSPS) is 11.5. The summed E-state index contributed by atoms with van der Waals surface area (Å²) < 4.78 is 0. The Labute approximate surface area is 143 Å². The lowest BCUT2D eigenvalue weighted by atomic mass is 9.92. The van der Waals surface area contributed by atoms with Crippen molar-refractivity contribution in [1.82, 2.24) is 30.5 Å². The van der Waals surface area contributed by atoms with Gasteiger partial charge in [0.05, 0.1) is 5.41 Å². The van der Waals surface area contributed by atoms with Gasteiger partial charge in [-0.15, -0.1) is 21.5 Å². The van der Waals surface area contributed by atoms with Crippen molar-refractivity contribution in [3.8, 4) is 11.4 Å². The molecular formula is C16H18N6OS. The molecule has 0 fully saturated rings. The van der Waals surface area contributed by atoms with Crippen molar-refractivity contribution in [2.45, 2.75) is 25.8 Å². The molecule has 0 spiro atoms. The van der Waals surface area contributed by atoms with Crippen LogP contribution in [0.2, 0.25) is 0 Å².